The SMILES string of the molecule is COc1ccc(N2C[C@H](CN)OC2=O)cc1. The van der Waals surface area contributed by atoms with E-state index in [1.807, 2.05) is 12.1 Å². The van der Waals surface area contributed by atoms with Crippen LogP contribution in [0.2, 0.25) is 0 Å². The van der Waals surface area contributed by atoms with Crippen molar-refractivity contribution < 1.29 is 14.3 Å². The van der Waals surface area contributed by atoms with Crippen molar-refractivity contribution >= 4 is 11.8 Å². The van der Waals surface area contributed by atoms with Crippen LogP contribution in [-0.2, 0) is 4.74 Å². The molecule has 5 nitrogen and oxygen atoms in total. The number of ether oxygens (including phenoxy) is 2. The maximum atomic E-state index is 11.5. The minimum absolute atomic E-state index is 0.213. The molecule has 16 heavy (non-hydrogen) atoms. The van der Waals surface area contributed by atoms with Crippen LogP contribution in [0.3, 0.4) is 0 Å². The Balaban J connectivity index is 2.15. The smallest absolute Gasteiger partial charge is 0.414 e. The summed E-state index contributed by atoms with van der Waals surface area (Å²) in [5.41, 5.74) is 6.25. The average molecular weight is 222 g/mol. The van der Waals surface area contributed by atoms with Crippen molar-refractivity contribution in [3.05, 3.63) is 24.3 Å². The molecular formula is C11H14N2O3. The van der Waals surface area contributed by atoms with Crippen molar-refractivity contribution in [2.45, 2.75) is 6.10 Å². The Morgan fingerprint density at radius 1 is 1.50 bits per heavy atom. The number of cyclic esters (lactones) is 1. The molecule has 1 aromatic rings. The summed E-state index contributed by atoms with van der Waals surface area (Å²) in [5, 5.41) is 0. The van der Waals surface area contributed by atoms with Gasteiger partial charge in [0.05, 0.1) is 13.7 Å². The predicted molar refractivity (Wildman–Crippen MR) is 59.7 cm³/mol. The standard InChI is InChI=1S/C11H14N2O3/c1-15-9-4-2-8(3-5-9)13-7-10(6-12)16-11(13)14/h2-5,10H,6-7,12H2,1H3/t10-/m0/s1. The number of nitrogens with two attached hydrogens (primary N) is 1. The molecule has 1 aliphatic heterocycles. The average Bonchev–Trinajstić information content (AvgIpc) is 2.71. The van der Waals surface area contributed by atoms with Crippen molar-refractivity contribution in [3.63, 3.8) is 0 Å². The minimum Gasteiger partial charge on any atom is -0.497 e. The highest BCUT2D eigenvalue weighted by Crippen LogP contribution is 2.23. The van der Waals surface area contributed by atoms with Gasteiger partial charge in [-0.15, -0.1) is 0 Å². The molecule has 0 spiro atoms. The molecule has 0 aliphatic carbocycles. The van der Waals surface area contributed by atoms with E-state index in [1.54, 1.807) is 24.1 Å². The number of hydrogen-bond acceptors (Lipinski definition) is 4. The van der Waals surface area contributed by atoms with Crippen molar-refractivity contribution in [1.82, 2.24) is 0 Å². The molecule has 1 saturated heterocycles. The second-order valence-corrected chi connectivity index (χ2v) is 3.55. The summed E-state index contributed by atoms with van der Waals surface area (Å²) < 4.78 is 10.1. The molecule has 0 radical (unpaired) electrons. The van der Waals surface area contributed by atoms with Gasteiger partial charge in [0.2, 0.25) is 0 Å². The van der Waals surface area contributed by atoms with Gasteiger partial charge in [0, 0.05) is 12.2 Å². The number of carbonyl (C=O) groups is 1. The molecule has 2 rings (SSSR count). The Hall–Kier alpha value is -1.75. The predicted octanol–water partition coefficient (Wildman–Crippen LogP) is 0.979. The molecule has 0 aromatic heterocycles. The first-order valence-electron chi connectivity index (χ1n) is 5.07. The number of nitrogens with zero attached hydrogens (tertiary/aromatic N) is 1. The van der Waals surface area contributed by atoms with Crippen LogP contribution in [0.4, 0.5) is 10.5 Å². The summed E-state index contributed by atoms with van der Waals surface area (Å²) in [6.45, 7) is 0.847. The third-order valence-corrected chi connectivity index (χ3v) is 2.52. The number of methoxy groups -OCH3 is 1. The van der Waals surface area contributed by atoms with Crippen molar-refractivity contribution in [1.29, 1.82) is 0 Å². The molecule has 0 saturated carbocycles. The van der Waals surface area contributed by atoms with Gasteiger partial charge in [-0.25, -0.2) is 4.79 Å². The van der Waals surface area contributed by atoms with E-state index in [2.05, 4.69) is 0 Å². The summed E-state index contributed by atoms with van der Waals surface area (Å²) in [6.07, 6.45) is -0.560. The second-order valence-electron chi connectivity index (χ2n) is 3.55. The van der Waals surface area contributed by atoms with Crippen LogP contribution in [0.15, 0.2) is 24.3 Å². The number of amides is 1. The van der Waals surface area contributed by atoms with Crippen LogP contribution in [-0.4, -0.2) is 32.4 Å². The third kappa shape index (κ3) is 1.94. The van der Waals surface area contributed by atoms with E-state index in [9.17, 15) is 4.79 Å². The Kier molecular flexibility index (Phi) is 2.96. The summed E-state index contributed by atoms with van der Waals surface area (Å²) >= 11 is 0. The van der Waals surface area contributed by atoms with E-state index in [0.29, 0.717) is 13.1 Å². The van der Waals surface area contributed by atoms with Crippen LogP contribution in [0.1, 0.15) is 0 Å². The largest absolute Gasteiger partial charge is 0.497 e. The Bertz CT molecular complexity index is 377. The fourth-order valence-electron chi connectivity index (χ4n) is 1.62. The quantitative estimate of drug-likeness (QED) is 0.828. The summed E-state index contributed by atoms with van der Waals surface area (Å²) in [5.74, 6) is 0.756. The molecule has 1 fully saturated rings. The topological polar surface area (TPSA) is 64.8 Å². The van der Waals surface area contributed by atoms with Crippen molar-refractivity contribution in [3.8, 4) is 5.75 Å². The lowest BCUT2D eigenvalue weighted by molar-refractivity contribution is 0.145. The van der Waals surface area contributed by atoms with Crippen LogP contribution in [0.25, 0.3) is 0 Å². The van der Waals surface area contributed by atoms with Gasteiger partial charge in [0.15, 0.2) is 0 Å². The first-order chi connectivity index (χ1) is 7.74. The monoisotopic (exact) mass is 222 g/mol. The normalized spacial score (nSPS) is 19.8. The lowest BCUT2D eigenvalue weighted by atomic mass is 10.2. The van der Waals surface area contributed by atoms with Crippen LogP contribution < -0.4 is 15.4 Å². The number of anilines is 1. The number of hydrogen-bond donors (Lipinski definition) is 1. The molecule has 1 atom stereocenters. The van der Waals surface area contributed by atoms with Crippen LogP contribution in [0, 0.1) is 0 Å². The Morgan fingerprint density at radius 3 is 2.69 bits per heavy atom. The molecule has 1 aliphatic rings. The van der Waals surface area contributed by atoms with E-state index >= 15 is 0 Å². The van der Waals surface area contributed by atoms with Gasteiger partial charge in [0.1, 0.15) is 11.9 Å². The number of rotatable bonds is 3. The first-order valence-corrected chi connectivity index (χ1v) is 5.07. The number of carbonyl (C=O) groups excluding carboxylic acids is 1. The van der Waals surface area contributed by atoms with Gasteiger partial charge in [-0.1, -0.05) is 0 Å². The third-order valence-electron chi connectivity index (χ3n) is 2.52. The number of benzene rings is 1. The molecule has 1 aromatic carbocycles. The second kappa shape index (κ2) is 4.40. The molecule has 86 valence electrons. The van der Waals surface area contributed by atoms with E-state index in [-0.39, 0.29) is 12.2 Å². The van der Waals surface area contributed by atoms with Gasteiger partial charge >= 0.3 is 6.09 Å². The zero-order valence-electron chi connectivity index (χ0n) is 9.05. The highest BCUT2D eigenvalue weighted by atomic mass is 16.6. The van der Waals surface area contributed by atoms with Crippen molar-refractivity contribution in [2.24, 2.45) is 5.73 Å². The molecule has 1 heterocycles. The maximum Gasteiger partial charge on any atom is 0.414 e. The fourth-order valence-corrected chi connectivity index (χ4v) is 1.62. The summed E-state index contributed by atoms with van der Waals surface area (Å²) in [6, 6.07) is 7.24. The maximum absolute atomic E-state index is 11.5. The summed E-state index contributed by atoms with van der Waals surface area (Å²) in [4.78, 5) is 13.1. The van der Waals surface area contributed by atoms with Crippen molar-refractivity contribution in [2.75, 3.05) is 25.1 Å². The fraction of sp³-hybridized carbons (Fsp3) is 0.364. The van der Waals surface area contributed by atoms with Gasteiger partial charge in [-0.05, 0) is 24.3 Å². The summed E-state index contributed by atoms with van der Waals surface area (Å²) in [7, 11) is 1.60. The Morgan fingerprint density at radius 2 is 2.19 bits per heavy atom. The van der Waals surface area contributed by atoms with Gasteiger partial charge < -0.3 is 15.2 Å². The van der Waals surface area contributed by atoms with E-state index in [0.717, 1.165) is 11.4 Å². The van der Waals surface area contributed by atoms with Crippen LogP contribution in [0.5, 0.6) is 5.75 Å². The zero-order valence-corrected chi connectivity index (χ0v) is 9.05. The van der Waals surface area contributed by atoms with E-state index in [1.165, 1.54) is 0 Å². The molecule has 5 heteroatoms. The van der Waals surface area contributed by atoms with E-state index < -0.39 is 0 Å². The first kappa shape index (κ1) is 10.8. The molecular weight excluding hydrogens is 208 g/mol. The Labute approximate surface area is 93.7 Å². The lowest BCUT2D eigenvalue weighted by Gasteiger charge is -2.12. The van der Waals surface area contributed by atoms with Gasteiger partial charge in [-0.2, -0.15) is 0 Å². The van der Waals surface area contributed by atoms with Crippen LogP contribution >= 0.6 is 0 Å². The molecule has 0 unspecified atom stereocenters. The highest BCUT2D eigenvalue weighted by Gasteiger charge is 2.31. The molecule has 2 N–H and O–H groups in total. The minimum atomic E-state index is -0.347. The zero-order chi connectivity index (χ0) is 11.5. The highest BCUT2D eigenvalue weighted by molar-refractivity contribution is 5.89. The van der Waals surface area contributed by atoms with E-state index in [4.69, 9.17) is 15.2 Å². The lowest BCUT2D eigenvalue weighted by Crippen LogP contribution is -2.27. The molecule has 1 amide bonds. The van der Waals surface area contributed by atoms with Gasteiger partial charge in [0.25, 0.3) is 0 Å². The molecule has 0 bridgehead atoms. The van der Waals surface area contributed by atoms with Gasteiger partial charge in [-0.3, -0.25) is 4.90 Å².